The van der Waals surface area contributed by atoms with E-state index in [1.165, 1.54) is 0 Å². The van der Waals surface area contributed by atoms with E-state index in [9.17, 15) is 0 Å². The number of rotatable bonds is 4. The summed E-state index contributed by atoms with van der Waals surface area (Å²) in [7, 11) is 0. The molecule has 0 saturated heterocycles. The monoisotopic (exact) mass is 126 g/mol. The standard InChI is InChI=1S/C8H14O/c1-4-5-8(6-9)7(2)3/h4,8-9H,1-2,5-6H2,3H3. The zero-order chi connectivity index (χ0) is 7.28. The number of aliphatic hydroxyl groups excluding tert-OH is 1. The van der Waals surface area contributed by atoms with Crippen molar-refractivity contribution >= 4 is 0 Å². The molecule has 1 atom stereocenters. The fourth-order valence-electron chi connectivity index (χ4n) is 0.633. The second-order valence-corrected chi connectivity index (χ2v) is 2.25. The van der Waals surface area contributed by atoms with Gasteiger partial charge in [-0.15, -0.1) is 6.58 Å². The lowest BCUT2D eigenvalue weighted by molar-refractivity contribution is 0.248. The van der Waals surface area contributed by atoms with E-state index in [1.54, 1.807) is 6.08 Å². The van der Waals surface area contributed by atoms with E-state index in [4.69, 9.17) is 5.11 Å². The van der Waals surface area contributed by atoms with Gasteiger partial charge in [0.1, 0.15) is 0 Å². The molecule has 1 nitrogen and oxygen atoms in total. The minimum absolute atomic E-state index is 0.182. The summed E-state index contributed by atoms with van der Waals surface area (Å²) in [5.41, 5.74) is 1.03. The van der Waals surface area contributed by atoms with Crippen LogP contribution in [0.15, 0.2) is 24.8 Å². The van der Waals surface area contributed by atoms with Gasteiger partial charge < -0.3 is 5.11 Å². The number of hydrogen-bond donors (Lipinski definition) is 1. The molecule has 1 heteroatoms. The Labute approximate surface area is 56.7 Å². The Kier molecular flexibility index (Phi) is 4.06. The van der Waals surface area contributed by atoms with Crippen molar-refractivity contribution in [2.24, 2.45) is 5.92 Å². The Balaban J connectivity index is 3.67. The van der Waals surface area contributed by atoms with Crippen LogP contribution in [0.2, 0.25) is 0 Å². The molecule has 0 aliphatic carbocycles. The Bertz CT molecular complexity index is 105. The highest BCUT2D eigenvalue weighted by Gasteiger charge is 2.03. The van der Waals surface area contributed by atoms with Gasteiger partial charge in [-0.3, -0.25) is 0 Å². The molecule has 52 valence electrons. The van der Waals surface area contributed by atoms with Crippen molar-refractivity contribution in [1.29, 1.82) is 0 Å². The van der Waals surface area contributed by atoms with Gasteiger partial charge in [0.05, 0.1) is 0 Å². The third-order valence-corrected chi connectivity index (χ3v) is 1.37. The van der Waals surface area contributed by atoms with Gasteiger partial charge in [-0.2, -0.15) is 0 Å². The van der Waals surface area contributed by atoms with Gasteiger partial charge in [0.25, 0.3) is 0 Å². The highest BCUT2D eigenvalue weighted by molar-refractivity contribution is 4.98. The van der Waals surface area contributed by atoms with Gasteiger partial charge in [0.2, 0.25) is 0 Å². The summed E-state index contributed by atoms with van der Waals surface area (Å²) in [6.45, 7) is 9.42. The minimum Gasteiger partial charge on any atom is -0.396 e. The van der Waals surface area contributed by atoms with E-state index in [0.29, 0.717) is 0 Å². The van der Waals surface area contributed by atoms with Gasteiger partial charge in [-0.1, -0.05) is 18.2 Å². The van der Waals surface area contributed by atoms with Crippen molar-refractivity contribution in [1.82, 2.24) is 0 Å². The summed E-state index contributed by atoms with van der Waals surface area (Å²) < 4.78 is 0. The van der Waals surface area contributed by atoms with Crippen LogP contribution in [0.5, 0.6) is 0 Å². The van der Waals surface area contributed by atoms with E-state index in [-0.39, 0.29) is 12.5 Å². The molecule has 1 N–H and O–H groups in total. The van der Waals surface area contributed by atoms with E-state index >= 15 is 0 Å². The fourth-order valence-corrected chi connectivity index (χ4v) is 0.633. The van der Waals surface area contributed by atoms with Crippen molar-refractivity contribution in [3.05, 3.63) is 24.8 Å². The molecule has 0 fully saturated rings. The number of aliphatic hydroxyl groups is 1. The molecule has 1 unspecified atom stereocenters. The first-order chi connectivity index (χ1) is 4.22. The van der Waals surface area contributed by atoms with Crippen LogP contribution in [0, 0.1) is 5.92 Å². The second-order valence-electron chi connectivity index (χ2n) is 2.25. The predicted molar refractivity (Wildman–Crippen MR) is 40.2 cm³/mol. The quantitative estimate of drug-likeness (QED) is 0.569. The van der Waals surface area contributed by atoms with Gasteiger partial charge in [-0.25, -0.2) is 0 Å². The molecule has 0 heterocycles. The predicted octanol–water partition coefficient (Wildman–Crippen LogP) is 1.75. The van der Waals surface area contributed by atoms with Crippen LogP contribution < -0.4 is 0 Å². The third kappa shape index (κ3) is 3.09. The first kappa shape index (κ1) is 8.44. The molecular weight excluding hydrogens is 112 g/mol. The van der Waals surface area contributed by atoms with Gasteiger partial charge in [-0.05, 0) is 13.3 Å². The molecule has 0 spiro atoms. The molecule has 0 aromatic heterocycles. The molecular formula is C8H14O. The van der Waals surface area contributed by atoms with Crippen LogP contribution in [0.3, 0.4) is 0 Å². The maximum absolute atomic E-state index is 8.72. The largest absolute Gasteiger partial charge is 0.396 e. The summed E-state index contributed by atoms with van der Waals surface area (Å²) in [6, 6.07) is 0. The Hall–Kier alpha value is -0.560. The normalized spacial score (nSPS) is 12.7. The molecule has 0 aromatic rings. The maximum Gasteiger partial charge on any atom is 0.0499 e. The maximum atomic E-state index is 8.72. The highest BCUT2D eigenvalue weighted by Crippen LogP contribution is 2.11. The number of hydrogen-bond acceptors (Lipinski definition) is 1. The SMILES string of the molecule is C=CCC(CO)C(=C)C. The Morgan fingerprint density at radius 2 is 2.33 bits per heavy atom. The summed E-state index contributed by atoms with van der Waals surface area (Å²) in [4.78, 5) is 0. The van der Waals surface area contributed by atoms with Crippen LogP contribution in [0.4, 0.5) is 0 Å². The van der Waals surface area contributed by atoms with Crippen LogP contribution in [0.25, 0.3) is 0 Å². The average Bonchev–Trinajstić information content (AvgIpc) is 1.82. The van der Waals surface area contributed by atoms with Gasteiger partial charge >= 0.3 is 0 Å². The first-order valence-electron chi connectivity index (χ1n) is 3.09. The lowest BCUT2D eigenvalue weighted by atomic mass is 10.00. The van der Waals surface area contributed by atoms with Crippen molar-refractivity contribution in [3.8, 4) is 0 Å². The van der Waals surface area contributed by atoms with Crippen molar-refractivity contribution in [2.45, 2.75) is 13.3 Å². The molecule has 0 bridgehead atoms. The fraction of sp³-hybridized carbons (Fsp3) is 0.500. The molecule has 0 rings (SSSR count). The van der Waals surface area contributed by atoms with Crippen LogP contribution >= 0.6 is 0 Å². The molecule has 0 aliphatic heterocycles. The molecule has 0 aliphatic rings. The van der Waals surface area contributed by atoms with Crippen molar-refractivity contribution in [3.63, 3.8) is 0 Å². The Morgan fingerprint density at radius 3 is 2.44 bits per heavy atom. The highest BCUT2D eigenvalue weighted by atomic mass is 16.3. The summed E-state index contributed by atoms with van der Waals surface area (Å²) >= 11 is 0. The average molecular weight is 126 g/mol. The van der Waals surface area contributed by atoms with Crippen molar-refractivity contribution < 1.29 is 5.11 Å². The zero-order valence-corrected chi connectivity index (χ0v) is 5.93. The molecule has 9 heavy (non-hydrogen) atoms. The topological polar surface area (TPSA) is 20.2 Å². The van der Waals surface area contributed by atoms with Gasteiger partial charge in [0.15, 0.2) is 0 Å². The number of allylic oxidation sites excluding steroid dienone is 1. The third-order valence-electron chi connectivity index (χ3n) is 1.37. The lowest BCUT2D eigenvalue weighted by Gasteiger charge is -2.09. The molecule has 0 radical (unpaired) electrons. The molecule has 0 amide bonds. The van der Waals surface area contributed by atoms with Crippen LogP contribution in [0.1, 0.15) is 13.3 Å². The van der Waals surface area contributed by atoms with Crippen molar-refractivity contribution in [2.75, 3.05) is 6.61 Å². The van der Waals surface area contributed by atoms with E-state index in [2.05, 4.69) is 13.2 Å². The van der Waals surface area contributed by atoms with Crippen LogP contribution in [-0.2, 0) is 0 Å². The van der Waals surface area contributed by atoms with E-state index in [0.717, 1.165) is 12.0 Å². The molecule has 0 aromatic carbocycles. The Morgan fingerprint density at radius 1 is 1.78 bits per heavy atom. The molecule has 0 saturated carbocycles. The van der Waals surface area contributed by atoms with Crippen LogP contribution in [-0.4, -0.2) is 11.7 Å². The lowest BCUT2D eigenvalue weighted by Crippen LogP contribution is -2.04. The van der Waals surface area contributed by atoms with E-state index < -0.39 is 0 Å². The van der Waals surface area contributed by atoms with Gasteiger partial charge in [0, 0.05) is 12.5 Å². The summed E-state index contributed by atoms with van der Waals surface area (Å²) in [5.74, 6) is 0.211. The second kappa shape index (κ2) is 4.33. The zero-order valence-electron chi connectivity index (χ0n) is 5.93. The smallest absolute Gasteiger partial charge is 0.0499 e. The minimum atomic E-state index is 0.182. The van der Waals surface area contributed by atoms with E-state index in [1.807, 2.05) is 6.92 Å². The summed E-state index contributed by atoms with van der Waals surface area (Å²) in [6.07, 6.45) is 2.63. The first-order valence-corrected chi connectivity index (χ1v) is 3.09. The summed E-state index contributed by atoms with van der Waals surface area (Å²) in [5, 5.41) is 8.72.